The summed E-state index contributed by atoms with van der Waals surface area (Å²) in [6.45, 7) is 5.02. The second kappa shape index (κ2) is 6.89. The number of hydrogen-bond donors (Lipinski definition) is 1. The normalized spacial score (nSPS) is 18.4. The third-order valence-corrected chi connectivity index (χ3v) is 4.23. The standard InChI is InChI=1S/C14H19BrN4O2/c1-3-13(20)19-6-4-5-10(8-19)14(21)16-7-12-11(15)9-18(2)17-12/h3,9-10H,1,4-8H2,2H3,(H,16,21). The molecule has 2 rings (SSSR count). The maximum Gasteiger partial charge on any atom is 0.245 e. The smallest absolute Gasteiger partial charge is 0.245 e. The molecule has 1 fully saturated rings. The summed E-state index contributed by atoms with van der Waals surface area (Å²) < 4.78 is 2.56. The minimum absolute atomic E-state index is 0.0332. The summed E-state index contributed by atoms with van der Waals surface area (Å²) in [6.07, 6.45) is 4.78. The first-order valence-electron chi connectivity index (χ1n) is 6.88. The van der Waals surface area contributed by atoms with Crippen LogP contribution >= 0.6 is 15.9 Å². The van der Waals surface area contributed by atoms with E-state index in [1.54, 1.807) is 9.58 Å². The second-order valence-corrected chi connectivity index (χ2v) is 6.00. The Morgan fingerprint density at radius 2 is 2.38 bits per heavy atom. The number of aryl methyl sites for hydroxylation is 1. The number of carbonyl (C=O) groups is 2. The van der Waals surface area contributed by atoms with Crippen molar-refractivity contribution >= 4 is 27.7 Å². The highest BCUT2D eigenvalue weighted by molar-refractivity contribution is 9.10. The lowest BCUT2D eigenvalue weighted by Crippen LogP contribution is -2.44. The van der Waals surface area contributed by atoms with Gasteiger partial charge in [0.1, 0.15) is 0 Å². The van der Waals surface area contributed by atoms with E-state index in [1.807, 2.05) is 13.2 Å². The summed E-state index contributed by atoms with van der Waals surface area (Å²) in [6, 6.07) is 0. The van der Waals surface area contributed by atoms with Crippen LogP contribution in [0.15, 0.2) is 23.3 Å². The number of rotatable bonds is 4. The van der Waals surface area contributed by atoms with Crippen molar-refractivity contribution < 1.29 is 9.59 Å². The van der Waals surface area contributed by atoms with Crippen molar-refractivity contribution in [3.05, 3.63) is 29.0 Å². The molecule has 2 heterocycles. The predicted octanol–water partition coefficient (Wildman–Crippen LogP) is 1.22. The molecular weight excluding hydrogens is 336 g/mol. The largest absolute Gasteiger partial charge is 0.350 e. The maximum atomic E-state index is 12.2. The zero-order valence-corrected chi connectivity index (χ0v) is 13.6. The summed E-state index contributed by atoms with van der Waals surface area (Å²) in [7, 11) is 1.83. The zero-order chi connectivity index (χ0) is 15.4. The lowest BCUT2D eigenvalue weighted by atomic mass is 9.97. The highest BCUT2D eigenvalue weighted by Gasteiger charge is 2.27. The Bertz CT molecular complexity index is 555. The van der Waals surface area contributed by atoms with Gasteiger partial charge in [-0.1, -0.05) is 6.58 Å². The van der Waals surface area contributed by atoms with Crippen LogP contribution in [0.4, 0.5) is 0 Å². The molecule has 21 heavy (non-hydrogen) atoms. The molecule has 0 spiro atoms. The van der Waals surface area contributed by atoms with Crippen LogP contribution in [0.2, 0.25) is 0 Å². The van der Waals surface area contributed by atoms with Crippen LogP contribution in [0.3, 0.4) is 0 Å². The number of aromatic nitrogens is 2. The molecule has 6 nitrogen and oxygen atoms in total. The Kier molecular flexibility index (Phi) is 5.17. The third-order valence-electron chi connectivity index (χ3n) is 3.56. The number of halogens is 1. The van der Waals surface area contributed by atoms with Crippen molar-refractivity contribution in [1.82, 2.24) is 20.0 Å². The first-order valence-corrected chi connectivity index (χ1v) is 7.67. The van der Waals surface area contributed by atoms with E-state index in [0.29, 0.717) is 19.6 Å². The Balaban J connectivity index is 1.89. The zero-order valence-electron chi connectivity index (χ0n) is 12.0. The summed E-state index contributed by atoms with van der Waals surface area (Å²) in [5.74, 6) is -0.306. The van der Waals surface area contributed by atoms with E-state index in [4.69, 9.17) is 0 Å². The van der Waals surface area contributed by atoms with Crippen LogP contribution in [0.25, 0.3) is 0 Å². The van der Waals surface area contributed by atoms with Crippen molar-refractivity contribution in [1.29, 1.82) is 0 Å². The minimum atomic E-state index is -0.162. The Morgan fingerprint density at radius 1 is 1.62 bits per heavy atom. The Labute approximate surface area is 132 Å². The highest BCUT2D eigenvalue weighted by Crippen LogP contribution is 2.18. The molecule has 0 bridgehead atoms. The molecule has 7 heteroatoms. The average molecular weight is 355 g/mol. The van der Waals surface area contributed by atoms with Gasteiger partial charge in [0.25, 0.3) is 0 Å². The molecule has 1 aliphatic heterocycles. The van der Waals surface area contributed by atoms with Crippen LogP contribution in [0.5, 0.6) is 0 Å². The monoisotopic (exact) mass is 354 g/mol. The topological polar surface area (TPSA) is 67.2 Å². The third kappa shape index (κ3) is 3.93. The predicted molar refractivity (Wildman–Crippen MR) is 82.3 cm³/mol. The van der Waals surface area contributed by atoms with Gasteiger partial charge in [0.15, 0.2) is 0 Å². The Hall–Kier alpha value is -1.63. The second-order valence-electron chi connectivity index (χ2n) is 5.14. The molecule has 114 valence electrons. The first-order chi connectivity index (χ1) is 10.0. The van der Waals surface area contributed by atoms with Crippen molar-refractivity contribution in [2.24, 2.45) is 13.0 Å². The number of hydrogen-bond acceptors (Lipinski definition) is 3. The molecule has 2 amide bonds. The number of amides is 2. The molecule has 0 aromatic carbocycles. The Morgan fingerprint density at radius 3 is 3.00 bits per heavy atom. The fourth-order valence-corrected chi connectivity index (χ4v) is 2.98. The number of nitrogens with zero attached hydrogens (tertiary/aromatic N) is 3. The van der Waals surface area contributed by atoms with Gasteiger partial charge >= 0.3 is 0 Å². The molecular formula is C14H19BrN4O2. The number of nitrogens with one attached hydrogen (secondary N) is 1. The van der Waals surface area contributed by atoms with Gasteiger partial charge in [-0.15, -0.1) is 0 Å². The number of likely N-dealkylation sites (tertiary alicyclic amines) is 1. The summed E-state index contributed by atoms with van der Waals surface area (Å²) in [5, 5.41) is 7.15. The van der Waals surface area contributed by atoms with Crippen LogP contribution in [0, 0.1) is 5.92 Å². The molecule has 1 atom stereocenters. The molecule has 1 aromatic heterocycles. The van der Waals surface area contributed by atoms with E-state index >= 15 is 0 Å². The van der Waals surface area contributed by atoms with E-state index in [1.165, 1.54) is 6.08 Å². The number of piperidine rings is 1. The summed E-state index contributed by atoms with van der Waals surface area (Å²) >= 11 is 3.40. The average Bonchev–Trinajstić information content (AvgIpc) is 2.82. The van der Waals surface area contributed by atoms with E-state index in [9.17, 15) is 9.59 Å². The van der Waals surface area contributed by atoms with Crippen molar-refractivity contribution in [2.75, 3.05) is 13.1 Å². The van der Waals surface area contributed by atoms with Gasteiger partial charge < -0.3 is 10.2 Å². The van der Waals surface area contributed by atoms with E-state index in [-0.39, 0.29) is 17.7 Å². The highest BCUT2D eigenvalue weighted by atomic mass is 79.9. The lowest BCUT2D eigenvalue weighted by Gasteiger charge is -2.31. The summed E-state index contributed by atoms with van der Waals surface area (Å²) in [5.41, 5.74) is 0.792. The molecule has 1 aliphatic rings. The minimum Gasteiger partial charge on any atom is -0.350 e. The van der Waals surface area contributed by atoms with Crippen LogP contribution in [0.1, 0.15) is 18.5 Å². The molecule has 0 radical (unpaired) electrons. The van der Waals surface area contributed by atoms with E-state index in [0.717, 1.165) is 23.0 Å². The molecule has 1 N–H and O–H groups in total. The molecule has 1 aromatic rings. The van der Waals surface area contributed by atoms with Gasteiger partial charge in [-0.3, -0.25) is 14.3 Å². The molecule has 0 aliphatic carbocycles. The summed E-state index contributed by atoms with van der Waals surface area (Å²) in [4.78, 5) is 25.5. The maximum absolute atomic E-state index is 12.2. The van der Waals surface area contributed by atoms with Crippen LogP contribution < -0.4 is 5.32 Å². The fourth-order valence-electron chi connectivity index (χ4n) is 2.46. The van der Waals surface area contributed by atoms with Crippen molar-refractivity contribution in [3.8, 4) is 0 Å². The van der Waals surface area contributed by atoms with E-state index in [2.05, 4.69) is 32.9 Å². The van der Waals surface area contributed by atoms with Crippen molar-refractivity contribution in [3.63, 3.8) is 0 Å². The molecule has 1 saturated heterocycles. The first kappa shape index (κ1) is 15.8. The van der Waals surface area contributed by atoms with Gasteiger partial charge in [0.05, 0.1) is 22.6 Å². The van der Waals surface area contributed by atoms with Crippen molar-refractivity contribution in [2.45, 2.75) is 19.4 Å². The van der Waals surface area contributed by atoms with Gasteiger partial charge in [-0.05, 0) is 34.8 Å². The van der Waals surface area contributed by atoms with Gasteiger partial charge in [0.2, 0.25) is 11.8 Å². The lowest BCUT2D eigenvalue weighted by molar-refractivity contribution is -0.132. The van der Waals surface area contributed by atoms with Gasteiger partial charge in [-0.25, -0.2) is 0 Å². The molecule has 0 saturated carbocycles. The quantitative estimate of drug-likeness (QED) is 0.826. The van der Waals surface area contributed by atoms with Crippen LogP contribution in [-0.4, -0.2) is 39.6 Å². The number of carbonyl (C=O) groups excluding carboxylic acids is 2. The fraction of sp³-hybridized carbons (Fsp3) is 0.500. The van der Waals surface area contributed by atoms with Gasteiger partial charge in [-0.2, -0.15) is 5.10 Å². The van der Waals surface area contributed by atoms with Crippen LogP contribution in [-0.2, 0) is 23.2 Å². The van der Waals surface area contributed by atoms with E-state index < -0.39 is 0 Å². The van der Waals surface area contributed by atoms with Gasteiger partial charge in [0, 0.05) is 26.3 Å². The molecule has 1 unspecified atom stereocenters. The SMILES string of the molecule is C=CC(=O)N1CCCC(C(=O)NCc2nn(C)cc2Br)C1.